The molecule has 2 saturated heterocycles. The van der Waals surface area contributed by atoms with Crippen LogP contribution in [0.4, 0.5) is 26.2 Å². The topological polar surface area (TPSA) is 85.4 Å². The number of benzene rings is 2. The summed E-state index contributed by atoms with van der Waals surface area (Å²) in [7, 11) is 3.88. The van der Waals surface area contributed by atoms with Crippen molar-refractivity contribution < 1.29 is 23.5 Å². The largest absolute Gasteiger partial charge is 0.444 e. The molecule has 36 heavy (non-hydrogen) atoms. The number of anilines is 3. The molecule has 4 rings (SSSR count). The van der Waals surface area contributed by atoms with E-state index in [1.54, 1.807) is 29.3 Å². The monoisotopic (exact) mass is 497 g/mol. The molecule has 0 bridgehead atoms. The zero-order valence-electron chi connectivity index (χ0n) is 20.9. The third kappa shape index (κ3) is 5.76. The van der Waals surface area contributed by atoms with E-state index in [4.69, 9.17) is 4.74 Å². The summed E-state index contributed by atoms with van der Waals surface area (Å²) >= 11 is 0. The van der Waals surface area contributed by atoms with E-state index in [1.165, 1.54) is 17.9 Å². The minimum absolute atomic E-state index is 0.0364. The highest BCUT2D eigenvalue weighted by molar-refractivity contribution is 5.94. The predicted octanol–water partition coefficient (Wildman–Crippen LogP) is 3.05. The van der Waals surface area contributed by atoms with Crippen LogP contribution in [-0.4, -0.2) is 75.7 Å². The molecule has 0 aliphatic carbocycles. The molecule has 2 aliphatic rings. The van der Waals surface area contributed by atoms with Gasteiger partial charge in [-0.2, -0.15) is 0 Å². The average Bonchev–Trinajstić information content (AvgIpc) is 3.06. The number of ketones is 1. The highest BCUT2D eigenvalue weighted by Crippen LogP contribution is 2.29. The number of hydrazine groups is 1. The maximum absolute atomic E-state index is 15.2. The molecule has 0 aromatic heterocycles. The number of carbonyl (C=O) groups excluding carboxylic acids is 3. The second-order valence-electron chi connectivity index (χ2n) is 9.29. The summed E-state index contributed by atoms with van der Waals surface area (Å²) in [4.78, 5) is 41.7. The summed E-state index contributed by atoms with van der Waals surface area (Å²) in [5.41, 5.74) is 5.55. The second-order valence-corrected chi connectivity index (χ2v) is 9.29. The number of cyclic esters (lactones) is 1. The lowest BCUT2D eigenvalue weighted by Crippen LogP contribution is -2.43. The fraction of sp³-hybridized carbons (Fsp3) is 0.423. The number of nitrogens with zero attached hydrogens (tertiary/aromatic N) is 4. The Balaban J connectivity index is 1.39. The molecule has 2 aliphatic heterocycles. The van der Waals surface area contributed by atoms with Crippen LogP contribution >= 0.6 is 0 Å². The van der Waals surface area contributed by atoms with Crippen molar-refractivity contribution >= 4 is 34.8 Å². The molecule has 1 atom stereocenters. The van der Waals surface area contributed by atoms with Crippen LogP contribution in [0.15, 0.2) is 42.5 Å². The number of amides is 2. The van der Waals surface area contributed by atoms with E-state index in [2.05, 4.69) is 5.43 Å². The van der Waals surface area contributed by atoms with Gasteiger partial charge in [-0.15, -0.1) is 0 Å². The molecule has 2 heterocycles. The zero-order valence-corrected chi connectivity index (χ0v) is 20.9. The van der Waals surface area contributed by atoms with E-state index in [1.807, 2.05) is 36.0 Å². The SMILES string of the molecule is CC(=O)CC[C@H]1CN(c2ccc(N3CCNN(C(=O)c4ccc(N(C)C)cc4)CC3)c(F)c2)C(=O)O1. The Morgan fingerprint density at radius 1 is 1.11 bits per heavy atom. The van der Waals surface area contributed by atoms with Crippen molar-refractivity contribution in [3.05, 3.63) is 53.8 Å². The molecule has 9 nitrogen and oxygen atoms in total. The van der Waals surface area contributed by atoms with Gasteiger partial charge in [-0.1, -0.05) is 0 Å². The van der Waals surface area contributed by atoms with Gasteiger partial charge in [0.05, 0.1) is 24.5 Å². The van der Waals surface area contributed by atoms with Gasteiger partial charge in [0.2, 0.25) is 0 Å². The molecule has 2 aromatic rings. The fourth-order valence-corrected chi connectivity index (χ4v) is 4.37. The van der Waals surface area contributed by atoms with Crippen molar-refractivity contribution in [3.8, 4) is 0 Å². The molecule has 0 unspecified atom stereocenters. The highest BCUT2D eigenvalue weighted by Gasteiger charge is 2.33. The molecule has 10 heteroatoms. The second kappa shape index (κ2) is 10.9. The van der Waals surface area contributed by atoms with Gasteiger partial charge in [-0.05, 0) is 55.8 Å². The van der Waals surface area contributed by atoms with E-state index in [9.17, 15) is 14.4 Å². The van der Waals surface area contributed by atoms with Crippen molar-refractivity contribution in [2.45, 2.75) is 25.9 Å². The Hall–Kier alpha value is -3.66. The van der Waals surface area contributed by atoms with Crippen molar-refractivity contribution in [1.82, 2.24) is 10.4 Å². The summed E-state index contributed by atoms with van der Waals surface area (Å²) in [6.45, 7) is 3.59. The smallest absolute Gasteiger partial charge is 0.414 e. The first kappa shape index (κ1) is 25.4. The molecule has 0 radical (unpaired) electrons. The standard InChI is InChI=1S/C26H32FN5O4/c1-18(33)4-10-22-17-31(26(35)36-22)21-9-11-24(23(27)16-21)30-13-12-28-32(15-14-30)25(34)19-5-7-20(8-6-19)29(2)3/h5-9,11,16,22,28H,4,10,12-15,17H2,1-3H3/t22-/m0/s1. The van der Waals surface area contributed by atoms with Gasteiger partial charge in [0, 0.05) is 51.4 Å². The van der Waals surface area contributed by atoms with Crippen LogP contribution < -0.4 is 20.1 Å². The molecule has 2 fully saturated rings. The summed E-state index contributed by atoms with van der Waals surface area (Å²) in [6.07, 6.45) is -0.137. The van der Waals surface area contributed by atoms with Gasteiger partial charge >= 0.3 is 6.09 Å². The lowest BCUT2D eigenvalue weighted by molar-refractivity contribution is -0.117. The molecular formula is C26H32FN5O4. The molecule has 1 N–H and O–H groups in total. The number of ether oxygens (including phenoxy) is 1. The first-order valence-corrected chi connectivity index (χ1v) is 12.1. The normalized spacial score (nSPS) is 18.2. The Labute approximate surface area is 210 Å². The lowest BCUT2D eigenvalue weighted by atomic mass is 10.1. The van der Waals surface area contributed by atoms with Crippen molar-refractivity contribution in [3.63, 3.8) is 0 Å². The van der Waals surface area contributed by atoms with Crippen molar-refractivity contribution in [2.24, 2.45) is 0 Å². The average molecular weight is 498 g/mol. The van der Waals surface area contributed by atoms with Crippen LogP contribution in [0.5, 0.6) is 0 Å². The third-order valence-electron chi connectivity index (χ3n) is 6.43. The van der Waals surface area contributed by atoms with Gasteiger partial charge in [0.1, 0.15) is 17.7 Å². The van der Waals surface area contributed by atoms with Crippen LogP contribution in [0, 0.1) is 5.82 Å². The number of carbonyl (C=O) groups is 3. The molecule has 2 amide bonds. The highest BCUT2D eigenvalue weighted by atomic mass is 19.1. The Morgan fingerprint density at radius 3 is 2.53 bits per heavy atom. The Bertz CT molecular complexity index is 1120. The zero-order chi connectivity index (χ0) is 25.8. The lowest BCUT2D eigenvalue weighted by Gasteiger charge is -2.24. The van der Waals surface area contributed by atoms with Gasteiger partial charge in [0.25, 0.3) is 5.91 Å². The Morgan fingerprint density at radius 2 is 1.86 bits per heavy atom. The van der Waals surface area contributed by atoms with Crippen molar-refractivity contribution in [1.29, 1.82) is 0 Å². The number of halogens is 1. The summed E-state index contributed by atoms with van der Waals surface area (Å²) in [5.74, 6) is -0.550. The summed E-state index contributed by atoms with van der Waals surface area (Å²) in [5, 5.41) is 1.57. The fourth-order valence-electron chi connectivity index (χ4n) is 4.37. The van der Waals surface area contributed by atoms with Crippen molar-refractivity contribution in [2.75, 3.05) is 61.5 Å². The molecule has 0 spiro atoms. The number of rotatable bonds is 7. The van der Waals surface area contributed by atoms with Crippen LogP contribution in [0.3, 0.4) is 0 Å². The number of Topliss-reactive ketones (excluding diaryl/α,β-unsaturated/α-hetero) is 1. The van der Waals surface area contributed by atoms with Gasteiger partial charge in [-0.3, -0.25) is 14.7 Å². The number of hydrogen-bond donors (Lipinski definition) is 1. The van der Waals surface area contributed by atoms with E-state index >= 15 is 4.39 Å². The van der Waals surface area contributed by atoms with Gasteiger partial charge in [0.15, 0.2) is 0 Å². The molecule has 0 saturated carbocycles. The first-order valence-electron chi connectivity index (χ1n) is 12.1. The molecular weight excluding hydrogens is 465 g/mol. The minimum Gasteiger partial charge on any atom is -0.444 e. The quantitative estimate of drug-likeness (QED) is 0.629. The molecule has 192 valence electrons. The van der Waals surface area contributed by atoms with Gasteiger partial charge < -0.3 is 19.3 Å². The van der Waals surface area contributed by atoms with E-state index in [0.29, 0.717) is 56.0 Å². The third-order valence-corrected chi connectivity index (χ3v) is 6.43. The van der Waals surface area contributed by atoms with E-state index in [-0.39, 0.29) is 24.3 Å². The van der Waals surface area contributed by atoms with E-state index < -0.39 is 11.9 Å². The van der Waals surface area contributed by atoms with Crippen LogP contribution in [-0.2, 0) is 9.53 Å². The number of nitrogens with one attached hydrogen (secondary N) is 1. The molecule has 2 aromatic carbocycles. The summed E-state index contributed by atoms with van der Waals surface area (Å²) in [6, 6.07) is 12.1. The van der Waals surface area contributed by atoms with Crippen LogP contribution in [0.1, 0.15) is 30.1 Å². The number of hydrogen-bond acceptors (Lipinski definition) is 7. The maximum Gasteiger partial charge on any atom is 0.414 e. The minimum atomic E-state index is -0.539. The maximum atomic E-state index is 15.2. The van der Waals surface area contributed by atoms with E-state index in [0.717, 1.165) is 5.69 Å². The predicted molar refractivity (Wildman–Crippen MR) is 136 cm³/mol. The first-order chi connectivity index (χ1) is 17.2. The summed E-state index contributed by atoms with van der Waals surface area (Å²) < 4.78 is 20.5. The van der Waals surface area contributed by atoms with Crippen LogP contribution in [0.2, 0.25) is 0 Å². The van der Waals surface area contributed by atoms with Gasteiger partial charge in [-0.25, -0.2) is 14.6 Å². The Kier molecular flexibility index (Phi) is 7.73. The van der Waals surface area contributed by atoms with Crippen LogP contribution in [0.25, 0.3) is 0 Å².